The average molecular weight is 336 g/mol. The van der Waals surface area contributed by atoms with Crippen molar-refractivity contribution in [3.05, 3.63) is 29.3 Å². The molecule has 2 nitrogen and oxygen atoms in total. The number of halogens is 1. The minimum absolute atomic E-state index is 0.112. The number of carbonyl (C=O) groups is 1. The molecule has 3 heteroatoms. The number of alkyl halides is 1. The van der Waals surface area contributed by atoms with Crippen LogP contribution in [0.2, 0.25) is 0 Å². The fourth-order valence-electron chi connectivity index (χ4n) is 3.72. The maximum absolute atomic E-state index is 11.5. The van der Waals surface area contributed by atoms with Crippen LogP contribution in [-0.4, -0.2) is 5.91 Å². The number of nitrogens with one attached hydrogen (secondary N) is 1. The lowest BCUT2D eigenvalue weighted by molar-refractivity contribution is -0.115. The Kier molecular flexibility index (Phi) is 3.65. The fraction of sp³-hybridized carbons (Fsp3) is 0.588. The van der Waals surface area contributed by atoms with Gasteiger partial charge in [-0.15, -0.1) is 0 Å². The highest BCUT2D eigenvalue weighted by molar-refractivity contribution is 9.09. The molecule has 0 aromatic heterocycles. The van der Waals surface area contributed by atoms with Crippen LogP contribution in [0.3, 0.4) is 0 Å². The molecule has 1 N–H and O–H groups in total. The van der Waals surface area contributed by atoms with Gasteiger partial charge in [0, 0.05) is 10.5 Å². The summed E-state index contributed by atoms with van der Waals surface area (Å²) in [5.41, 5.74) is 3.84. The van der Waals surface area contributed by atoms with Crippen molar-refractivity contribution >= 4 is 27.5 Å². The molecule has 2 aliphatic rings. The molecule has 2 atom stereocenters. The Hall–Kier alpha value is -0.830. The van der Waals surface area contributed by atoms with Gasteiger partial charge >= 0.3 is 0 Å². The van der Waals surface area contributed by atoms with Gasteiger partial charge in [0.25, 0.3) is 0 Å². The molecule has 1 fully saturated rings. The summed E-state index contributed by atoms with van der Waals surface area (Å²) >= 11 is 3.94. The fourth-order valence-corrected chi connectivity index (χ4v) is 4.98. The zero-order valence-electron chi connectivity index (χ0n) is 12.2. The summed E-state index contributed by atoms with van der Waals surface area (Å²) in [5, 5.41) is 2.91. The summed E-state index contributed by atoms with van der Waals surface area (Å²) in [6.45, 7) is 4.78. The number of amides is 1. The molecule has 3 rings (SSSR count). The molecule has 1 aliphatic carbocycles. The highest BCUT2D eigenvalue weighted by Crippen LogP contribution is 2.50. The second-order valence-electron chi connectivity index (χ2n) is 6.88. The number of fused-ring (bicyclic) bond motifs is 1. The van der Waals surface area contributed by atoms with Crippen LogP contribution in [0.25, 0.3) is 0 Å². The van der Waals surface area contributed by atoms with E-state index in [0.717, 1.165) is 11.3 Å². The Morgan fingerprint density at radius 2 is 2.15 bits per heavy atom. The number of carbonyl (C=O) groups excluding carboxylic acids is 1. The highest BCUT2D eigenvalue weighted by atomic mass is 79.9. The van der Waals surface area contributed by atoms with Crippen LogP contribution < -0.4 is 5.32 Å². The van der Waals surface area contributed by atoms with Gasteiger partial charge < -0.3 is 5.32 Å². The van der Waals surface area contributed by atoms with Crippen LogP contribution in [0.1, 0.15) is 55.5 Å². The van der Waals surface area contributed by atoms with Crippen LogP contribution in [0.4, 0.5) is 5.69 Å². The van der Waals surface area contributed by atoms with Gasteiger partial charge in [-0.2, -0.15) is 0 Å². The zero-order chi connectivity index (χ0) is 14.3. The van der Waals surface area contributed by atoms with Crippen molar-refractivity contribution in [3.63, 3.8) is 0 Å². The molecule has 20 heavy (non-hydrogen) atoms. The Morgan fingerprint density at radius 3 is 2.90 bits per heavy atom. The molecule has 1 aromatic rings. The Bertz CT molecular complexity index is 538. The quantitative estimate of drug-likeness (QED) is 0.770. The zero-order valence-corrected chi connectivity index (χ0v) is 13.8. The third kappa shape index (κ3) is 2.52. The molecule has 1 aromatic carbocycles. The maximum Gasteiger partial charge on any atom is 0.228 e. The number of benzene rings is 1. The van der Waals surface area contributed by atoms with Crippen molar-refractivity contribution in [2.75, 3.05) is 5.32 Å². The van der Waals surface area contributed by atoms with Gasteiger partial charge in [0.1, 0.15) is 0 Å². The van der Waals surface area contributed by atoms with E-state index in [1.807, 2.05) is 0 Å². The van der Waals surface area contributed by atoms with Crippen molar-refractivity contribution in [2.24, 2.45) is 11.3 Å². The van der Waals surface area contributed by atoms with Gasteiger partial charge in [-0.1, -0.05) is 54.8 Å². The van der Waals surface area contributed by atoms with Crippen molar-refractivity contribution in [2.45, 2.75) is 50.8 Å². The topological polar surface area (TPSA) is 29.1 Å². The van der Waals surface area contributed by atoms with E-state index in [9.17, 15) is 4.79 Å². The van der Waals surface area contributed by atoms with Gasteiger partial charge in [0.2, 0.25) is 5.91 Å². The normalized spacial score (nSPS) is 25.9. The third-order valence-electron chi connectivity index (χ3n) is 5.02. The molecule has 2 unspecified atom stereocenters. The molecule has 1 saturated carbocycles. The third-order valence-corrected chi connectivity index (χ3v) is 6.18. The number of hydrogen-bond acceptors (Lipinski definition) is 1. The largest absolute Gasteiger partial charge is 0.326 e. The van der Waals surface area contributed by atoms with E-state index in [1.54, 1.807) is 0 Å². The predicted octanol–water partition coefficient (Wildman–Crippen LogP) is 4.83. The minimum atomic E-state index is 0.112. The molecule has 0 saturated heterocycles. The standard InChI is InChI=1S/C17H22BrNO/c1-17(2)8-4-3-5-13(17)16(18)11-6-7-14-12(9-11)10-15(20)19-14/h6-7,9,13,16H,3-5,8,10H2,1-2H3,(H,19,20). The van der Waals surface area contributed by atoms with E-state index in [1.165, 1.54) is 31.2 Å². The van der Waals surface area contributed by atoms with Crippen molar-refractivity contribution in [1.82, 2.24) is 0 Å². The van der Waals surface area contributed by atoms with Crippen LogP contribution >= 0.6 is 15.9 Å². The van der Waals surface area contributed by atoms with E-state index < -0.39 is 0 Å². The summed E-state index contributed by atoms with van der Waals surface area (Å²) in [7, 11) is 0. The summed E-state index contributed by atoms with van der Waals surface area (Å²) in [5.74, 6) is 0.778. The van der Waals surface area contributed by atoms with Crippen LogP contribution in [0.5, 0.6) is 0 Å². The SMILES string of the molecule is CC1(C)CCCCC1C(Br)c1ccc2c(c1)CC(=O)N2. The second kappa shape index (κ2) is 5.18. The maximum atomic E-state index is 11.5. The van der Waals surface area contributed by atoms with E-state index in [2.05, 4.69) is 53.3 Å². The van der Waals surface area contributed by atoms with Gasteiger partial charge in [-0.25, -0.2) is 0 Å². The van der Waals surface area contributed by atoms with Crippen LogP contribution in [0, 0.1) is 11.3 Å². The van der Waals surface area contributed by atoms with Gasteiger partial charge in [0.15, 0.2) is 0 Å². The Morgan fingerprint density at radius 1 is 1.35 bits per heavy atom. The van der Waals surface area contributed by atoms with Gasteiger partial charge in [0.05, 0.1) is 6.42 Å². The predicted molar refractivity (Wildman–Crippen MR) is 86.2 cm³/mol. The Labute approximate surface area is 129 Å². The number of anilines is 1. The first kappa shape index (κ1) is 14.1. The monoisotopic (exact) mass is 335 g/mol. The van der Waals surface area contributed by atoms with Crippen molar-refractivity contribution < 1.29 is 4.79 Å². The number of rotatable bonds is 2. The first-order chi connectivity index (χ1) is 9.47. The summed E-state index contributed by atoms with van der Waals surface area (Å²) in [6, 6.07) is 6.42. The molecule has 108 valence electrons. The van der Waals surface area contributed by atoms with E-state index >= 15 is 0 Å². The molecule has 0 bridgehead atoms. The van der Waals surface area contributed by atoms with Crippen molar-refractivity contribution in [3.8, 4) is 0 Å². The number of hydrogen-bond donors (Lipinski definition) is 1. The van der Waals surface area contributed by atoms with Gasteiger partial charge in [-0.3, -0.25) is 4.79 Å². The molecular formula is C17H22BrNO. The van der Waals surface area contributed by atoms with Crippen LogP contribution in [0.15, 0.2) is 18.2 Å². The summed E-state index contributed by atoms with van der Waals surface area (Å²) < 4.78 is 0. The van der Waals surface area contributed by atoms with Crippen LogP contribution in [-0.2, 0) is 11.2 Å². The van der Waals surface area contributed by atoms with Crippen molar-refractivity contribution in [1.29, 1.82) is 0 Å². The summed E-state index contributed by atoms with van der Waals surface area (Å²) in [6.07, 6.45) is 5.81. The van der Waals surface area contributed by atoms with E-state index in [-0.39, 0.29) is 5.91 Å². The van der Waals surface area contributed by atoms with E-state index in [0.29, 0.717) is 22.6 Å². The van der Waals surface area contributed by atoms with E-state index in [4.69, 9.17) is 0 Å². The molecule has 0 radical (unpaired) electrons. The molecule has 1 heterocycles. The Balaban J connectivity index is 1.86. The summed E-state index contributed by atoms with van der Waals surface area (Å²) in [4.78, 5) is 11.9. The average Bonchev–Trinajstić information content (AvgIpc) is 2.76. The first-order valence-corrected chi connectivity index (χ1v) is 8.46. The smallest absolute Gasteiger partial charge is 0.228 e. The minimum Gasteiger partial charge on any atom is -0.326 e. The first-order valence-electron chi connectivity index (χ1n) is 7.54. The lowest BCUT2D eigenvalue weighted by Crippen LogP contribution is -2.30. The molecule has 0 spiro atoms. The van der Waals surface area contributed by atoms with Gasteiger partial charge in [-0.05, 0) is 41.4 Å². The molecule has 1 aliphatic heterocycles. The molecule has 1 amide bonds. The molecular weight excluding hydrogens is 314 g/mol. The lowest BCUT2D eigenvalue weighted by atomic mass is 9.66. The lowest BCUT2D eigenvalue weighted by Gasteiger charge is -2.41. The highest BCUT2D eigenvalue weighted by Gasteiger charge is 2.37. The second-order valence-corrected chi connectivity index (χ2v) is 7.87.